The van der Waals surface area contributed by atoms with Crippen LogP contribution in [0.15, 0.2) is 52.3 Å². The normalized spacial score (nSPS) is 12.6. The number of β-amino-alcohol motifs (C(OH)–C–C–N with tert-alkyl or cyclic N) is 1. The summed E-state index contributed by atoms with van der Waals surface area (Å²) in [6.07, 6.45) is 0. The molecule has 0 radical (unpaired) electrons. The first-order valence-corrected chi connectivity index (χ1v) is 7.44. The second-order valence-electron chi connectivity index (χ2n) is 4.62. The van der Waals surface area contributed by atoms with Gasteiger partial charge in [0.05, 0.1) is 30.7 Å². The van der Waals surface area contributed by atoms with Crippen LogP contribution in [0.25, 0.3) is 0 Å². The summed E-state index contributed by atoms with van der Waals surface area (Å²) in [5.41, 5.74) is 2.49. The quantitative estimate of drug-likeness (QED) is 0.883. The summed E-state index contributed by atoms with van der Waals surface area (Å²) < 4.78 is 4.78. The summed E-state index contributed by atoms with van der Waals surface area (Å²) in [5.74, 6) is -0.356. The molecular weight excluding hydrogens is 286 g/mol. The lowest BCUT2D eigenvalue weighted by Crippen LogP contribution is -2.24. The fourth-order valence-electron chi connectivity index (χ4n) is 2.42. The van der Waals surface area contributed by atoms with E-state index < -0.39 is 0 Å². The van der Waals surface area contributed by atoms with Crippen molar-refractivity contribution in [2.24, 2.45) is 0 Å². The summed E-state index contributed by atoms with van der Waals surface area (Å²) in [7, 11) is 1.37. The molecule has 0 saturated heterocycles. The molecule has 108 valence electrons. The monoisotopic (exact) mass is 301 g/mol. The second kappa shape index (κ2) is 5.79. The number of hydrogen-bond acceptors (Lipinski definition) is 5. The molecule has 1 heterocycles. The summed E-state index contributed by atoms with van der Waals surface area (Å²) in [6.45, 7) is 0.524. The first-order chi connectivity index (χ1) is 10.2. The SMILES string of the molecule is COC(=O)c1ccc2c(c1)N(CCO)c1ccccc1S2. The van der Waals surface area contributed by atoms with Crippen LogP contribution >= 0.6 is 11.8 Å². The summed E-state index contributed by atoms with van der Waals surface area (Å²) in [5, 5.41) is 9.35. The molecule has 0 bridgehead atoms. The first kappa shape index (κ1) is 14.0. The molecule has 0 amide bonds. The van der Waals surface area contributed by atoms with Crippen LogP contribution in [0, 0.1) is 0 Å². The Hall–Kier alpha value is -1.98. The van der Waals surface area contributed by atoms with E-state index in [0.717, 1.165) is 21.2 Å². The number of hydrogen-bond donors (Lipinski definition) is 1. The van der Waals surface area contributed by atoms with Crippen molar-refractivity contribution in [3.05, 3.63) is 48.0 Å². The van der Waals surface area contributed by atoms with Gasteiger partial charge in [-0.25, -0.2) is 4.79 Å². The Balaban J connectivity index is 2.10. The van der Waals surface area contributed by atoms with Crippen LogP contribution < -0.4 is 4.90 Å². The fourth-order valence-corrected chi connectivity index (χ4v) is 3.49. The smallest absolute Gasteiger partial charge is 0.337 e. The van der Waals surface area contributed by atoms with Gasteiger partial charge in [0.15, 0.2) is 0 Å². The Morgan fingerprint density at radius 2 is 1.95 bits per heavy atom. The number of rotatable bonds is 3. The van der Waals surface area contributed by atoms with Crippen molar-refractivity contribution in [1.82, 2.24) is 0 Å². The highest BCUT2D eigenvalue weighted by molar-refractivity contribution is 7.99. The molecule has 0 saturated carbocycles. The van der Waals surface area contributed by atoms with Gasteiger partial charge < -0.3 is 14.7 Å². The maximum Gasteiger partial charge on any atom is 0.337 e. The van der Waals surface area contributed by atoms with E-state index >= 15 is 0 Å². The maximum absolute atomic E-state index is 11.7. The van der Waals surface area contributed by atoms with Crippen LogP contribution in [0.5, 0.6) is 0 Å². The summed E-state index contributed by atoms with van der Waals surface area (Å²) >= 11 is 1.66. The standard InChI is InChI=1S/C16H15NO3S/c1-20-16(19)11-6-7-15-13(10-11)17(8-9-18)12-4-2-3-5-14(12)21-15/h2-7,10,18H,8-9H2,1H3. The third-order valence-corrected chi connectivity index (χ3v) is 4.50. The number of carbonyl (C=O) groups excluding carboxylic acids is 1. The van der Waals surface area contributed by atoms with Crippen molar-refractivity contribution in [3.63, 3.8) is 0 Å². The topological polar surface area (TPSA) is 49.8 Å². The second-order valence-corrected chi connectivity index (χ2v) is 5.70. The van der Waals surface area contributed by atoms with Crippen molar-refractivity contribution in [2.45, 2.75) is 9.79 Å². The highest BCUT2D eigenvalue weighted by Gasteiger charge is 2.24. The van der Waals surface area contributed by atoms with Gasteiger partial charge in [-0.3, -0.25) is 0 Å². The molecule has 5 heteroatoms. The maximum atomic E-state index is 11.7. The third kappa shape index (κ3) is 2.50. The summed E-state index contributed by atoms with van der Waals surface area (Å²) in [4.78, 5) is 16.0. The minimum absolute atomic E-state index is 0.0426. The van der Waals surface area contributed by atoms with Crippen LogP contribution in [-0.2, 0) is 4.74 Å². The largest absolute Gasteiger partial charge is 0.465 e. The summed E-state index contributed by atoms with van der Waals surface area (Å²) in [6, 6.07) is 13.6. The molecule has 3 rings (SSSR count). The van der Waals surface area contributed by atoms with Gasteiger partial charge in [0.2, 0.25) is 0 Å². The van der Waals surface area contributed by atoms with Gasteiger partial charge in [-0.2, -0.15) is 0 Å². The number of benzene rings is 2. The predicted molar refractivity (Wildman–Crippen MR) is 82.4 cm³/mol. The highest BCUT2D eigenvalue weighted by atomic mass is 32.2. The zero-order valence-electron chi connectivity index (χ0n) is 11.6. The number of aliphatic hydroxyl groups excluding tert-OH is 1. The van der Waals surface area contributed by atoms with Gasteiger partial charge in [-0.05, 0) is 30.3 Å². The van der Waals surface area contributed by atoms with Gasteiger partial charge >= 0.3 is 5.97 Å². The number of fused-ring (bicyclic) bond motifs is 2. The third-order valence-electron chi connectivity index (χ3n) is 3.37. The lowest BCUT2D eigenvalue weighted by atomic mass is 10.1. The zero-order chi connectivity index (χ0) is 14.8. The number of methoxy groups -OCH3 is 1. The predicted octanol–water partition coefficient (Wildman–Crippen LogP) is 3.07. The minimum Gasteiger partial charge on any atom is -0.465 e. The molecule has 2 aromatic rings. The molecule has 0 unspecified atom stereocenters. The number of esters is 1. The number of aliphatic hydroxyl groups is 1. The first-order valence-electron chi connectivity index (χ1n) is 6.62. The molecule has 0 spiro atoms. The van der Waals surface area contributed by atoms with Crippen LogP contribution in [0.1, 0.15) is 10.4 Å². The number of carbonyl (C=O) groups is 1. The molecule has 0 atom stereocenters. The Bertz CT molecular complexity index is 687. The molecular formula is C16H15NO3S. The molecule has 0 aliphatic carbocycles. The van der Waals surface area contributed by atoms with E-state index in [9.17, 15) is 9.90 Å². The van der Waals surface area contributed by atoms with Crippen molar-refractivity contribution in [3.8, 4) is 0 Å². The highest BCUT2D eigenvalue weighted by Crippen LogP contribution is 2.48. The van der Waals surface area contributed by atoms with E-state index in [1.165, 1.54) is 7.11 Å². The number of ether oxygens (including phenoxy) is 1. The minimum atomic E-state index is -0.356. The van der Waals surface area contributed by atoms with Gasteiger partial charge in [-0.15, -0.1) is 0 Å². The molecule has 2 aromatic carbocycles. The van der Waals surface area contributed by atoms with Gasteiger partial charge in [0.1, 0.15) is 0 Å². The van der Waals surface area contributed by atoms with Crippen LogP contribution in [0.3, 0.4) is 0 Å². The Kier molecular flexibility index (Phi) is 3.86. The average Bonchev–Trinajstić information content (AvgIpc) is 2.53. The van der Waals surface area contributed by atoms with Crippen molar-refractivity contribution in [1.29, 1.82) is 0 Å². The van der Waals surface area contributed by atoms with Crippen LogP contribution in [0.2, 0.25) is 0 Å². The molecule has 21 heavy (non-hydrogen) atoms. The zero-order valence-corrected chi connectivity index (χ0v) is 12.4. The molecule has 1 N–H and O–H groups in total. The lowest BCUT2D eigenvalue weighted by molar-refractivity contribution is 0.0600. The van der Waals surface area contributed by atoms with Crippen molar-refractivity contribution >= 4 is 29.1 Å². The van der Waals surface area contributed by atoms with Gasteiger partial charge in [0.25, 0.3) is 0 Å². The lowest BCUT2D eigenvalue weighted by Gasteiger charge is -2.32. The van der Waals surface area contributed by atoms with E-state index in [2.05, 4.69) is 6.07 Å². The van der Waals surface area contributed by atoms with E-state index in [4.69, 9.17) is 4.74 Å². The van der Waals surface area contributed by atoms with E-state index in [0.29, 0.717) is 12.1 Å². The Morgan fingerprint density at radius 3 is 2.71 bits per heavy atom. The van der Waals surface area contributed by atoms with E-state index in [-0.39, 0.29) is 12.6 Å². The van der Waals surface area contributed by atoms with Crippen LogP contribution in [-0.4, -0.2) is 31.3 Å². The number of anilines is 2. The number of para-hydroxylation sites is 1. The van der Waals surface area contributed by atoms with Gasteiger partial charge in [-0.1, -0.05) is 23.9 Å². The molecule has 1 aliphatic rings. The van der Waals surface area contributed by atoms with E-state index in [1.54, 1.807) is 17.8 Å². The number of nitrogens with zero attached hydrogens (tertiary/aromatic N) is 1. The Morgan fingerprint density at radius 1 is 1.19 bits per heavy atom. The van der Waals surface area contributed by atoms with Crippen molar-refractivity contribution in [2.75, 3.05) is 25.2 Å². The Labute approximate surface area is 127 Å². The molecule has 4 nitrogen and oxygen atoms in total. The fraction of sp³-hybridized carbons (Fsp3) is 0.188. The molecule has 0 fully saturated rings. The van der Waals surface area contributed by atoms with Crippen LogP contribution in [0.4, 0.5) is 11.4 Å². The molecule has 1 aliphatic heterocycles. The van der Waals surface area contributed by atoms with Crippen molar-refractivity contribution < 1.29 is 14.6 Å². The average molecular weight is 301 g/mol. The van der Waals surface area contributed by atoms with E-state index in [1.807, 2.05) is 35.2 Å². The molecule has 0 aromatic heterocycles. The van der Waals surface area contributed by atoms with Gasteiger partial charge in [0, 0.05) is 16.3 Å².